The number of carbonyl (C=O) groups is 1. The molecule has 0 saturated carbocycles. The largest absolute Gasteiger partial charge is 0.479 e. The molecule has 1 amide bonds. The normalized spacial score (nSPS) is 15.6. The van der Waals surface area contributed by atoms with Crippen LogP contribution in [0.15, 0.2) is 28.7 Å². The summed E-state index contributed by atoms with van der Waals surface area (Å²) in [4.78, 5) is 21.3. The van der Waals surface area contributed by atoms with E-state index >= 15 is 0 Å². The molecule has 0 saturated heterocycles. The van der Waals surface area contributed by atoms with Gasteiger partial charge in [-0.05, 0) is 18.2 Å². The first-order chi connectivity index (χ1) is 17.0. The van der Waals surface area contributed by atoms with Crippen molar-refractivity contribution in [3.8, 4) is 23.5 Å². The lowest BCUT2D eigenvalue weighted by atomic mass is 10.3. The average Bonchev–Trinajstić information content (AvgIpc) is 3.31. The summed E-state index contributed by atoms with van der Waals surface area (Å²) in [7, 11) is 1.41. The van der Waals surface area contributed by atoms with Gasteiger partial charge in [0.1, 0.15) is 5.75 Å². The van der Waals surface area contributed by atoms with Crippen molar-refractivity contribution in [2.45, 2.75) is 38.3 Å². The SMILES string of the molecule is CNc1nc(OC)c(NC(=O)c2ccc(Oc3cc4c(cc3Cl)[Si](C)(C)CC[Si]4(C)C)o2)c(OC)n1. The minimum Gasteiger partial charge on any atom is -0.479 e. The first-order valence-corrected chi connectivity index (χ1v) is 18.4. The number of methoxy groups -OCH3 is 2. The number of hydrogen-bond donors (Lipinski definition) is 2. The average molecular weight is 547 g/mol. The first kappa shape index (κ1) is 26.0. The van der Waals surface area contributed by atoms with Gasteiger partial charge in [0, 0.05) is 13.1 Å². The van der Waals surface area contributed by atoms with Gasteiger partial charge in [0.2, 0.25) is 17.7 Å². The molecule has 3 aromatic rings. The Labute approximate surface area is 217 Å². The molecule has 2 aromatic heterocycles. The number of amides is 1. The first-order valence-electron chi connectivity index (χ1n) is 11.6. The Morgan fingerprint density at radius 1 is 1.00 bits per heavy atom. The monoisotopic (exact) mass is 546 g/mol. The Morgan fingerprint density at radius 3 is 2.14 bits per heavy atom. The fraction of sp³-hybridized carbons (Fsp3) is 0.375. The second kappa shape index (κ2) is 9.79. The molecular formula is C24H31ClN4O5Si2. The summed E-state index contributed by atoms with van der Waals surface area (Å²) in [6.07, 6.45) is 0. The van der Waals surface area contributed by atoms with Gasteiger partial charge in [-0.3, -0.25) is 4.79 Å². The van der Waals surface area contributed by atoms with E-state index in [2.05, 4.69) is 58.9 Å². The van der Waals surface area contributed by atoms with E-state index in [-0.39, 0.29) is 35.1 Å². The molecule has 1 aromatic carbocycles. The van der Waals surface area contributed by atoms with Crippen molar-refractivity contribution in [3.05, 3.63) is 35.0 Å². The van der Waals surface area contributed by atoms with Crippen LogP contribution in [0.4, 0.5) is 11.6 Å². The van der Waals surface area contributed by atoms with E-state index in [0.29, 0.717) is 10.8 Å². The van der Waals surface area contributed by atoms with Crippen molar-refractivity contribution in [2.24, 2.45) is 0 Å². The number of carbonyl (C=O) groups excluding carboxylic acids is 1. The molecule has 2 N–H and O–H groups in total. The topological polar surface area (TPSA) is 108 Å². The number of halogens is 1. The smallest absolute Gasteiger partial charge is 0.291 e. The van der Waals surface area contributed by atoms with Gasteiger partial charge in [-0.15, -0.1) is 0 Å². The van der Waals surface area contributed by atoms with Crippen molar-refractivity contribution >= 4 is 55.7 Å². The number of anilines is 2. The summed E-state index contributed by atoms with van der Waals surface area (Å²) >= 11 is 6.64. The second-order valence-electron chi connectivity index (χ2n) is 9.96. The lowest BCUT2D eigenvalue weighted by Gasteiger charge is -2.39. The van der Waals surface area contributed by atoms with Crippen LogP contribution in [0.2, 0.25) is 43.3 Å². The number of nitrogens with zero attached hydrogens (tertiary/aromatic N) is 2. The highest BCUT2D eigenvalue weighted by atomic mass is 35.5. The molecule has 1 aliphatic heterocycles. The second-order valence-corrected chi connectivity index (χ2v) is 20.0. The number of benzene rings is 1. The van der Waals surface area contributed by atoms with Crippen LogP contribution in [-0.2, 0) is 0 Å². The van der Waals surface area contributed by atoms with Crippen LogP contribution in [0.3, 0.4) is 0 Å². The van der Waals surface area contributed by atoms with E-state index < -0.39 is 22.1 Å². The lowest BCUT2D eigenvalue weighted by Crippen LogP contribution is -2.63. The summed E-state index contributed by atoms with van der Waals surface area (Å²) in [6, 6.07) is 9.81. The number of ether oxygens (including phenoxy) is 3. The Hall–Kier alpha value is -3.03. The number of nitrogens with one attached hydrogen (secondary N) is 2. The molecule has 0 unspecified atom stereocenters. The van der Waals surface area contributed by atoms with Gasteiger partial charge in [-0.1, -0.05) is 60.3 Å². The molecule has 36 heavy (non-hydrogen) atoms. The Balaban J connectivity index is 1.58. The van der Waals surface area contributed by atoms with Crippen molar-refractivity contribution in [3.63, 3.8) is 0 Å². The Morgan fingerprint density at radius 2 is 1.58 bits per heavy atom. The third kappa shape index (κ3) is 4.95. The number of fused-ring (bicyclic) bond motifs is 1. The van der Waals surface area contributed by atoms with Gasteiger partial charge >= 0.3 is 0 Å². The van der Waals surface area contributed by atoms with Crippen LogP contribution in [0.5, 0.6) is 23.5 Å². The van der Waals surface area contributed by atoms with E-state index in [1.54, 1.807) is 13.1 Å². The molecule has 0 fully saturated rings. The molecule has 0 bridgehead atoms. The summed E-state index contributed by atoms with van der Waals surface area (Å²) in [5.41, 5.74) is 0.180. The predicted molar refractivity (Wildman–Crippen MR) is 147 cm³/mol. The predicted octanol–water partition coefficient (Wildman–Crippen LogP) is 4.67. The molecule has 4 rings (SSSR count). The zero-order valence-corrected chi connectivity index (χ0v) is 24.3. The number of aromatic nitrogens is 2. The maximum Gasteiger partial charge on any atom is 0.291 e. The molecule has 192 valence electrons. The zero-order valence-electron chi connectivity index (χ0n) is 21.5. The minimum absolute atomic E-state index is 0.0316. The molecular weight excluding hydrogens is 516 g/mol. The van der Waals surface area contributed by atoms with Gasteiger partial charge in [-0.2, -0.15) is 9.97 Å². The maximum atomic E-state index is 12.9. The molecule has 0 radical (unpaired) electrons. The number of hydrogen-bond acceptors (Lipinski definition) is 8. The molecule has 12 heteroatoms. The summed E-state index contributed by atoms with van der Waals surface area (Å²) in [6.45, 7) is 9.56. The van der Waals surface area contributed by atoms with Crippen molar-refractivity contribution in [1.82, 2.24) is 9.97 Å². The Bertz CT molecular complexity index is 1290. The third-order valence-electron chi connectivity index (χ3n) is 6.61. The molecule has 1 aliphatic rings. The van der Waals surface area contributed by atoms with Crippen LogP contribution >= 0.6 is 11.6 Å². The molecule has 0 aliphatic carbocycles. The highest BCUT2D eigenvalue weighted by Gasteiger charge is 2.40. The van der Waals surface area contributed by atoms with E-state index in [4.69, 9.17) is 30.2 Å². The van der Waals surface area contributed by atoms with E-state index in [0.717, 1.165) is 0 Å². The summed E-state index contributed by atoms with van der Waals surface area (Å²) < 4.78 is 22.3. The van der Waals surface area contributed by atoms with Crippen LogP contribution < -0.4 is 35.2 Å². The van der Waals surface area contributed by atoms with Gasteiger partial charge in [0.25, 0.3) is 11.9 Å². The number of rotatable bonds is 7. The minimum atomic E-state index is -1.59. The van der Waals surface area contributed by atoms with Crippen LogP contribution in [0.25, 0.3) is 0 Å². The van der Waals surface area contributed by atoms with Crippen molar-refractivity contribution in [1.29, 1.82) is 0 Å². The van der Waals surface area contributed by atoms with Crippen LogP contribution in [-0.4, -0.2) is 53.3 Å². The Kier molecular flexibility index (Phi) is 7.08. The van der Waals surface area contributed by atoms with Gasteiger partial charge in [-0.25, -0.2) is 0 Å². The highest BCUT2D eigenvalue weighted by Crippen LogP contribution is 2.35. The quantitative estimate of drug-likeness (QED) is 0.412. The third-order valence-corrected chi connectivity index (χ3v) is 14.4. The fourth-order valence-corrected chi connectivity index (χ4v) is 14.9. The van der Waals surface area contributed by atoms with E-state index in [1.165, 1.54) is 42.7 Å². The summed E-state index contributed by atoms with van der Waals surface area (Å²) in [5, 5.41) is 8.87. The standard InChI is InChI=1S/C24H31ClN4O5Si2/c1-26-24-28-22(31-2)20(23(29-24)32-3)27-21(30)15-8-9-19(33-15)34-16-13-18-17(12-14(16)25)35(4,5)10-11-36(18,6)7/h8-9,12-13H,10-11H2,1-7H3,(H,27,30)(H,26,28,29). The maximum absolute atomic E-state index is 12.9. The van der Waals surface area contributed by atoms with Crippen LogP contribution in [0, 0.1) is 0 Å². The highest BCUT2D eigenvalue weighted by molar-refractivity contribution is 7.03. The van der Waals surface area contributed by atoms with Gasteiger partial charge in [0.15, 0.2) is 11.4 Å². The van der Waals surface area contributed by atoms with Crippen molar-refractivity contribution < 1.29 is 23.4 Å². The molecule has 0 atom stereocenters. The van der Waals surface area contributed by atoms with Gasteiger partial charge in [0.05, 0.1) is 35.4 Å². The lowest BCUT2D eigenvalue weighted by molar-refractivity contribution is 0.0990. The summed E-state index contributed by atoms with van der Waals surface area (Å²) in [5.74, 6) is 0.750. The molecule has 0 spiro atoms. The van der Waals surface area contributed by atoms with E-state index in [9.17, 15) is 4.79 Å². The fourth-order valence-electron chi connectivity index (χ4n) is 4.36. The molecule has 3 heterocycles. The van der Waals surface area contributed by atoms with Crippen molar-refractivity contribution in [2.75, 3.05) is 31.9 Å². The molecule has 9 nitrogen and oxygen atoms in total. The zero-order chi connectivity index (χ0) is 26.3. The van der Waals surface area contributed by atoms with E-state index in [1.807, 2.05) is 0 Å². The van der Waals surface area contributed by atoms with Gasteiger partial charge < -0.3 is 29.3 Å². The number of furan rings is 1. The van der Waals surface area contributed by atoms with Crippen LogP contribution in [0.1, 0.15) is 10.6 Å².